The van der Waals surface area contributed by atoms with Crippen molar-refractivity contribution in [3.05, 3.63) is 58.4 Å². The number of carbonyl (C=O) groups excluding carboxylic acids is 1. The third-order valence-electron chi connectivity index (χ3n) is 5.63. The Morgan fingerprint density at radius 1 is 1.17 bits per heavy atom. The van der Waals surface area contributed by atoms with Crippen LogP contribution in [-0.4, -0.2) is 38.8 Å². The number of benzene rings is 2. The van der Waals surface area contributed by atoms with Gasteiger partial charge in [-0.25, -0.2) is 4.98 Å². The van der Waals surface area contributed by atoms with E-state index in [2.05, 4.69) is 21.9 Å². The number of para-hydroxylation sites is 1. The Labute approximate surface area is 166 Å². The second-order valence-corrected chi connectivity index (χ2v) is 7.75. The standard InChI is InChI=1S/C22H21N5O2/c1-12-8-9-27(11-12)22(29)13-6-7-16-17(10-13)25-20(21(28)26-16)19-18(23)14-4-2-3-5-15(14)24-19/h2-7,10,12,24H,8-9,11,23H2,1H3,(H,26,28)/t12-/m0/s1. The van der Waals surface area contributed by atoms with Crippen molar-refractivity contribution in [3.8, 4) is 11.4 Å². The number of nitrogens with one attached hydrogen (secondary N) is 2. The molecule has 7 heteroatoms. The van der Waals surface area contributed by atoms with Crippen LogP contribution in [0.4, 0.5) is 5.69 Å². The summed E-state index contributed by atoms with van der Waals surface area (Å²) in [6.45, 7) is 3.69. The highest BCUT2D eigenvalue weighted by atomic mass is 16.2. The maximum Gasteiger partial charge on any atom is 0.276 e. The van der Waals surface area contributed by atoms with Crippen molar-refractivity contribution in [2.24, 2.45) is 5.92 Å². The van der Waals surface area contributed by atoms with E-state index in [0.29, 0.717) is 33.9 Å². The third kappa shape index (κ3) is 2.86. The van der Waals surface area contributed by atoms with Gasteiger partial charge in [0, 0.05) is 29.6 Å². The summed E-state index contributed by atoms with van der Waals surface area (Å²) in [4.78, 5) is 38.0. The van der Waals surface area contributed by atoms with Crippen molar-refractivity contribution < 1.29 is 4.79 Å². The molecule has 146 valence electrons. The zero-order valence-corrected chi connectivity index (χ0v) is 16.0. The van der Waals surface area contributed by atoms with Gasteiger partial charge >= 0.3 is 0 Å². The number of aromatic nitrogens is 3. The number of rotatable bonds is 2. The molecule has 0 spiro atoms. The van der Waals surface area contributed by atoms with Crippen LogP contribution in [0.1, 0.15) is 23.7 Å². The lowest BCUT2D eigenvalue weighted by Gasteiger charge is -2.16. The minimum absolute atomic E-state index is 0.00377. The molecule has 2 aromatic heterocycles. The molecule has 0 radical (unpaired) electrons. The van der Waals surface area contributed by atoms with E-state index >= 15 is 0 Å². The average Bonchev–Trinajstić information content (AvgIpc) is 3.30. The highest BCUT2D eigenvalue weighted by Gasteiger charge is 2.24. The molecular formula is C22H21N5O2. The summed E-state index contributed by atoms with van der Waals surface area (Å²) in [6.07, 6.45) is 1.02. The van der Waals surface area contributed by atoms with Crippen molar-refractivity contribution >= 4 is 33.5 Å². The smallest absolute Gasteiger partial charge is 0.276 e. The number of hydrogen-bond acceptors (Lipinski definition) is 4. The SMILES string of the molecule is C[C@H]1CCN(C(=O)c2ccc3[nH]c(=O)c(-c4[nH]c5ccccc5c4N)nc3c2)C1. The van der Waals surface area contributed by atoms with Gasteiger partial charge in [0.25, 0.3) is 11.5 Å². The number of anilines is 1. The van der Waals surface area contributed by atoms with Crippen LogP contribution >= 0.6 is 0 Å². The number of fused-ring (bicyclic) bond motifs is 2. The van der Waals surface area contributed by atoms with E-state index in [0.717, 1.165) is 30.4 Å². The van der Waals surface area contributed by atoms with Crippen LogP contribution in [0.15, 0.2) is 47.3 Å². The number of H-pyrrole nitrogens is 2. The first-order valence-electron chi connectivity index (χ1n) is 9.71. The van der Waals surface area contributed by atoms with E-state index in [1.165, 1.54) is 0 Å². The summed E-state index contributed by atoms with van der Waals surface area (Å²) in [5, 5.41) is 0.843. The molecule has 0 saturated carbocycles. The van der Waals surface area contributed by atoms with E-state index in [1.54, 1.807) is 18.2 Å². The van der Waals surface area contributed by atoms with E-state index in [1.807, 2.05) is 29.2 Å². The highest BCUT2D eigenvalue weighted by Crippen LogP contribution is 2.30. The van der Waals surface area contributed by atoms with Gasteiger partial charge in [0.05, 0.1) is 22.4 Å². The molecule has 0 unspecified atom stereocenters. The summed E-state index contributed by atoms with van der Waals surface area (Å²) in [5.41, 5.74) is 9.67. The average molecular weight is 387 g/mol. The molecule has 3 heterocycles. The zero-order chi connectivity index (χ0) is 20.1. The van der Waals surface area contributed by atoms with Crippen LogP contribution in [0, 0.1) is 5.92 Å². The van der Waals surface area contributed by atoms with Gasteiger partial charge < -0.3 is 20.6 Å². The van der Waals surface area contributed by atoms with Gasteiger partial charge in [0.15, 0.2) is 5.69 Å². The molecule has 2 aromatic carbocycles. The van der Waals surface area contributed by atoms with Gasteiger partial charge in [-0.15, -0.1) is 0 Å². The monoisotopic (exact) mass is 387 g/mol. The lowest BCUT2D eigenvalue weighted by atomic mass is 10.1. The molecule has 1 aliphatic heterocycles. The van der Waals surface area contributed by atoms with Crippen molar-refractivity contribution in [2.45, 2.75) is 13.3 Å². The molecule has 7 nitrogen and oxygen atoms in total. The normalized spacial score (nSPS) is 16.7. The minimum atomic E-state index is -0.330. The number of nitrogens with zero attached hydrogens (tertiary/aromatic N) is 2. The molecule has 1 aliphatic rings. The maximum absolute atomic E-state index is 12.8. The van der Waals surface area contributed by atoms with Gasteiger partial charge in [-0.3, -0.25) is 9.59 Å². The fraction of sp³-hybridized carbons (Fsp3) is 0.227. The highest BCUT2D eigenvalue weighted by molar-refractivity contribution is 6.00. The van der Waals surface area contributed by atoms with Crippen LogP contribution in [0.2, 0.25) is 0 Å². The summed E-state index contributed by atoms with van der Waals surface area (Å²) >= 11 is 0. The Morgan fingerprint density at radius 2 is 2.00 bits per heavy atom. The largest absolute Gasteiger partial charge is 0.396 e. The number of hydrogen-bond donors (Lipinski definition) is 3. The maximum atomic E-state index is 12.8. The second kappa shape index (κ2) is 6.48. The number of amides is 1. The quantitative estimate of drug-likeness (QED) is 0.491. The van der Waals surface area contributed by atoms with Crippen molar-refractivity contribution in [1.29, 1.82) is 0 Å². The Balaban J connectivity index is 1.61. The lowest BCUT2D eigenvalue weighted by Crippen LogP contribution is -2.28. The van der Waals surface area contributed by atoms with E-state index in [-0.39, 0.29) is 17.2 Å². The summed E-state index contributed by atoms with van der Waals surface area (Å²) in [6, 6.07) is 12.8. The second-order valence-electron chi connectivity index (χ2n) is 7.75. The Hall–Kier alpha value is -3.61. The predicted molar refractivity (Wildman–Crippen MR) is 114 cm³/mol. The number of nitrogens with two attached hydrogens (primary N) is 1. The number of likely N-dealkylation sites (tertiary alicyclic amines) is 1. The summed E-state index contributed by atoms with van der Waals surface area (Å²) in [5.74, 6) is 0.515. The molecule has 1 saturated heterocycles. The number of aromatic amines is 2. The molecule has 1 atom stereocenters. The fourth-order valence-electron chi connectivity index (χ4n) is 4.04. The topological polar surface area (TPSA) is 108 Å². The third-order valence-corrected chi connectivity index (χ3v) is 5.63. The molecule has 29 heavy (non-hydrogen) atoms. The van der Waals surface area contributed by atoms with Crippen LogP contribution < -0.4 is 11.3 Å². The Bertz CT molecular complexity index is 1320. The van der Waals surface area contributed by atoms with Crippen LogP contribution in [0.5, 0.6) is 0 Å². The van der Waals surface area contributed by atoms with Crippen molar-refractivity contribution in [2.75, 3.05) is 18.8 Å². The number of nitrogen functional groups attached to an aromatic ring is 1. The summed E-state index contributed by atoms with van der Waals surface area (Å²) in [7, 11) is 0. The van der Waals surface area contributed by atoms with Crippen molar-refractivity contribution in [3.63, 3.8) is 0 Å². The minimum Gasteiger partial charge on any atom is -0.396 e. The van der Waals surface area contributed by atoms with Gasteiger partial charge in [-0.1, -0.05) is 25.1 Å². The van der Waals surface area contributed by atoms with E-state index in [4.69, 9.17) is 5.73 Å². The molecule has 4 aromatic rings. The van der Waals surface area contributed by atoms with E-state index < -0.39 is 0 Å². The first-order valence-corrected chi connectivity index (χ1v) is 9.71. The van der Waals surface area contributed by atoms with Crippen LogP contribution in [-0.2, 0) is 0 Å². The summed E-state index contributed by atoms with van der Waals surface area (Å²) < 4.78 is 0. The van der Waals surface area contributed by atoms with E-state index in [9.17, 15) is 9.59 Å². The molecule has 1 fully saturated rings. The Morgan fingerprint density at radius 3 is 2.76 bits per heavy atom. The molecule has 0 aliphatic carbocycles. The fourth-order valence-corrected chi connectivity index (χ4v) is 4.04. The predicted octanol–water partition coefficient (Wildman–Crippen LogP) is 3.14. The molecule has 4 N–H and O–H groups in total. The van der Waals surface area contributed by atoms with Crippen LogP contribution in [0.25, 0.3) is 33.3 Å². The first-order chi connectivity index (χ1) is 14.0. The lowest BCUT2D eigenvalue weighted by molar-refractivity contribution is 0.0788. The first kappa shape index (κ1) is 17.5. The van der Waals surface area contributed by atoms with Gasteiger partial charge in [0.2, 0.25) is 0 Å². The molecular weight excluding hydrogens is 366 g/mol. The molecule has 5 rings (SSSR count). The molecule has 0 bridgehead atoms. The van der Waals surface area contributed by atoms with Gasteiger partial charge in [0.1, 0.15) is 0 Å². The van der Waals surface area contributed by atoms with Gasteiger partial charge in [-0.05, 0) is 36.6 Å². The van der Waals surface area contributed by atoms with Crippen molar-refractivity contribution in [1.82, 2.24) is 19.9 Å². The number of carbonyl (C=O) groups is 1. The molecule has 1 amide bonds. The Kier molecular flexibility index (Phi) is 3.91. The zero-order valence-electron chi connectivity index (χ0n) is 16.0. The van der Waals surface area contributed by atoms with Crippen LogP contribution in [0.3, 0.4) is 0 Å². The van der Waals surface area contributed by atoms with Gasteiger partial charge in [-0.2, -0.15) is 0 Å².